The van der Waals surface area contributed by atoms with Gasteiger partial charge < -0.3 is 0 Å². The van der Waals surface area contributed by atoms with E-state index in [9.17, 15) is 8.42 Å². The summed E-state index contributed by atoms with van der Waals surface area (Å²) in [5.41, 5.74) is 0.923. The molecule has 0 amide bonds. The lowest BCUT2D eigenvalue weighted by molar-refractivity contribution is 0.445. The average Bonchev–Trinajstić information content (AvgIpc) is 2.86. The largest absolute Gasteiger partial charge is 0.280 e. The summed E-state index contributed by atoms with van der Waals surface area (Å²) in [6.07, 6.45) is 0. The highest BCUT2D eigenvalue weighted by Gasteiger charge is 2.23. The molecule has 8 heteroatoms. The number of nitrogens with zero attached hydrogens (tertiary/aromatic N) is 3. The van der Waals surface area contributed by atoms with E-state index in [-0.39, 0.29) is 0 Å². The van der Waals surface area contributed by atoms with Crippen molar-refractivity contribution in [3.8, 4) is 0 Å². The second-order valence-corrected chi connectivity index (χ2v) is 6.67. The molecule has 1 aromatic heterocycles. The van der Waals surface area contributed by atoms with Crippen LogP contribution in [0.2, 0.25) is 0 Å². The fraction of sp³-hybridized carbons (Fsp3) is 0.385. The van der Waals surface area contributed by atoms with Crippen molar-refractivity contribution in [1.29, 1.82) is 0 Å². The first-order valence-corrected chi connectivity index (χ1v) is 7.99. The third-order valence-corrected chi connectivity index (χ3v) is 4.59. The summed E-state index contributed by atoms with van der Waals surface area (Å²) in [6.45, 7) is 3.77. The molecule has 0 aliphatic heterocycles. The maximum absolute atomic E-state index is 12.3. The van der Waals surface area contributed by atoms with Crippen molar-refractivity contribution in [1.82, 2.24) is 24.2 Å². The zero-order valence-electron chi connectivity index (χ0n) is 12.2. The predicted octanol–water partition coefficient (Wildman–Crippen LogP) is 1.14. The summed E-state index contributed by atoms with van der Waals surface area (Å²) >= 11 is 0. The Morgan fingerprint density at radius 3 is 2.57 bits per heavy atom. The van der Waals surface area contributed by atoms with Crippen LogP contribution < -0.4 is 4.72 Å². The molecule has 1 heterocycles. The summed E-state index contributed by atoms with van der Waals surface area (Å²) in [5, 5.41) is 6.66. The van der Waals surface area contributed by atoms with Crippen molar-refractivity contribution in [3.05, 3.63) is 47.5 Å². The fourth-order valence-electron chi connectivity index (χ4n) is 1.85. The zero-order chi connectivity index (χ0) is 15.5. The summed E-state index contributed by atoms with van der Waals surface area (Å²) in [4.78, 5) is 4.13. The lowest BCUT2D eigenvalue weighted by Crippen LogP contribution is -2.39. The van der Waals surface area contributed by atoms with E-state index >= 15 is 0 Å². The van der Waals surface area contributed by atoms with E-state index in [2.05, 4.69) is 19.9 Å². The Labute approximate surface area is 124 Å². The number of aryl methyl sites for hydroxylation is 1. The number of hydrogen-bond acceptors (Lipinski definition) is 4. The van der Waals surface area contributed by atoms with Gasteiger partial charge in [-0.3, -0.25) is 5.10 Å². The Bertz CT molecular complexity index is 684. The number of rotatable bonds is 6. The van der Waals surface area contributed by atoms with E-state index in [1.165, 1.54) is 11.4 Å². The summed E-state index contributed by atoms with van der Waals surface area (Å²) < 4.78 is 28.4. The molecule has 1 aromatic carbocycles. The van der Waals surface area contributed by atoms with Gasteiger partial charge in [0, 0.05) is 13.6 Å². The predicted molar refractivity (Wildman–Crippen MR) is 79.5 cm³/mol. The van der Waals surface area contributed by atoms with E-state index < -0.39 is 16.3 Å². The Balaban J connectivity index is 2.04. The Morgan fingerprint density at radius 1 is 1.33 bits per heavy atom. The highest BCUT2D eigenvalue weighted by molar-refractivity contribution is 7.87. The lowest BCUT2D eigenvalue weighted by atomic mass is 10.2. The molecule has 2 rings (SSSR count). The van der Waals surface area contributed by atoms with Crippen LogP contribution in [0.4, 0.5) is 0 Å². The van der Waals surface area contributed by atoms with Gasteiger partial charge >= 0.3 is 0 Å². The Hall–Kier alpha value is -1.77. The minimum absolute atomic E-state index is 0.302. The average molecular weight is 309 g/mol. The second kappa shape index (κ2) is 6.33. The van der Waals surface area contributed by atoms with Gasteiger partial charge in [-0.15, -0.1) is 0 Å². The smallest absolute Gasteiger partial charge is 0.263 e. The van der Waals surface area contributed by atoms with E-state index in [1.54, 1.807) is 13.8 Å². The van der Waals surface area contributed by atoms with Crippen LogP contribution in [0.25, 0.3) is 0 Å². The lowest BCUT2D eigenvalue weighted by Gasteiger charge is -2.20. The van der Waals surface area contributed by atoms with Crippen molar-refractivity contribution < 1.29 is 8.42 Å². The van der Waals surface area contributed by atoms with Crippen LogP contribution >= 0.6 is 0 Å². The highest BCUT2D eigenvalue weighted by atomic mass is 32.2. The molecule has 1 atom stereocenters. The van der Waals surface area contributed by atoms with Crippen molar-refractivity contribution in [3.63, 3.8) is 0 Å². The minimum atomic E-state index is -3.61. The number of hydrogen-bond donors (Lipinski definition) is 2. The van der Waals surface area contributed by atoms with Gasteiger partial charge in [-0.05, 0) is 19.4 Å². The van der Waals surface area contributed by atoms with Crippen LogP contribution in [-0.4, -0.2) is 35.0 Å². The molecular formula is C13H19N5O2S. The van der Waals surface area contributed by atoms with Gasteiger partial charge in [0.05, 0.1) is 6.04 Å². The van der Waals surface area contributed by atoms with Crippen molar-refractivity contribution in [2.75, 3.05) is 7.05 Å². The van der Waals surface area contributed by atoms with Crippen LogP contribution in [0.3, 0.4) is 0 Å². The topological polar surface area (TPSA) is 91.0 Å². The van der Waals surface area contributed by atoms with E-state index in [4.69, 9.17) is 0 Å². The van der Waals surface area contributed by atoms with Crippen LogP contribution in [0, 0.1) is 6.92 Å². The van der Waals surface area contributed by atoms with E-state index in [0.717, 1.165) is 5.56 Å². The number of H-pyrrole nitrogens is 1. The zero-order valence-corrected chi connectivity index (χ0v) is 13.1. The molecular weight excluding hydrogens is 290 g/mol. The van der Waals surface area contributed by atoms with Gasteiger partial charge in [0.15, 0.2) is 5.82 Å². The molecule has 0 fully saturated rings. The van der Waals surface area contributed by atoms with Gasteiger partial charge in [0.25, 0.3) is 10.2 Å². The standard InChI is InChI=1S/C13H19N5O2S/c1-10(13-14-11(2)15-16-13)17-21(19,20)18(3)9-12-7-5-4-6-8-12/h4-8,10,17H,9H2,1-3H3,(H,14,15,16)/t10-/m0/s1. The maximum Gasteiger partial charge on any atom is 0.280 e. The minimum Gasteiger partial charge on any atom is -0.263 e. The van der Waals surface area contributed by atoms with Crippen molar-refractivity contribution in [2.45, 2.75) is 26.4 Å². The molecule has 7 nitrogen and oxygen atoms in total. The van der Waals surface area contributed by atoms with Gasteiger partial charge in [0.2, 0.25) is 0 Å². The molecule has 0 aliphatic carbocycles. The first-order valence-electron chi connectivity index (χ1n) is 6.55. The number of aromatic amines is 1. The van der Waals surface area contributed by atoms with Crippen LogP contribution in [0.1, 0.15) is 30.2 Å². The quantitative estimate of drug-likeness (QED) is 0.837. The molecule has 0 saturated carbocycles. The molecule has 0 saturated heterocycles. The van der Waals surface area contributed by atoms with Gasteiger partial charge in [-0.2, -0.15) is 22.5 Å². The van der Waals surface area contributed by atoms with Gasteiger partial charge in [0.1, 0.15) is 5.82 Å². The molecule has 0 unspecified atom stereocenters. The van der Waals surface area contributed by atoms with Crippen LogP contribution in [-0.2, 0) is 16.8 Å². The number of benzene rings is 1. The molecule has 2 N–H and O–H groups in total. The first kappa shape index (κ1) is 15.6. The maximum atomic E-state index is 12.3. The second-order valence-electron chi connectivity index (χ2n) is 4.87. The number of aromatic nitrogens is 3. The molecule has 0 radical (unpaired) electrons. The van der Waals surface area contributed by atoms with E-state index in [1.807, 2.05) is 30.3 Å². The highest BCUT2D eigenvalue weighted by Crippen LogP contribution is 2.11. The number of nitrogens with one attached hydrogen (secondary N) is 2. The summed E-state index contributed by atoms with van der Waals surface area (Å²) in [7, 11) is -2.07. The first-order chi connectivity index (χ1) is 9.88. The third-order valence-electron chi connectivity index (χ3n) is 2.99. The Kier molecular flexibility index (Phi) is 4.71. The van der Waals surface area contributed by atoms with Crippen molar-refractivity contribution in [2.24, 2.45) is 0 Å². The molecule has 2 aromatic rings. The van der Waals surface area contributed by atoms with Gasteiger partial charge in [-0.1, -0.05) is 30.3 Å². The molecule has 114 valence electrons. The SMILES string of the molecule is Cc1nc([C@H](C)NS(=O)(=O)N(C)Cc2ccccc2)n[nH]1. The van der Waals surface area contributed by atoms with Crippen molar-refractivity contribution >= 4 is 10.2 Å². The van der Waals surface area contributed by atoms with Gasteiger partial charge in [-0.25, -0.2) is 4.98 Å². The Morgan fingerprint density at radius 2 is 2.00 bits per heavy atom. The fourth-order valence-corrected chi connectivity index (χ4v) is 2.90. The normalized spacial score (nSPS) is 13.5. The molecule has 21 heavy (non-hydrogen) atoms. The molecule has 0 bridgehead atoms. The molecule has 0 aliphatic rings. The van der Waals surface area contributed by atoms with E-state index in [0.29, 0.717) is 18.2 Å². The van der Waals surface area contributed by atoms with Crippen LogP contribution in [0.15, 0.2) is 30.3 Å². The van der Waals surface area contributed by atoms with Crippen LogP contribution in [0.5, 0.6) is 0 Å². The summed E-state index contributed by atoms with van der Waals surface area (Å²) in [6, 6.07) is 8.91. The molecule has 0 spiro atoms. The monoisotopic (exact) mass is 309 g/mol. The summed E-state index contributed by atoms with van der Waals surface area (Å²) in [5.74, 6) is 1.07. The third kappa shape index (κ3) is 4.10.